The monoisotopic (exact) mass is 373 g/mol. The van der Waals surface area contributed by atoms with E-state index in [0.29, 0.717) is 18.2 Å². The van der Waals surface area contributed by atoms with Gasteiger partial charge in [0.1, 0.15) is 10.7 Å². The molecule has 3 aromatic rings. The maximum Gasteiger partial charge on any atom is 0.273 e. The van der Waals surface area contributed by atoms with E-state index in [4.69, 9.17) is 9.72 Å². The Morgan fingerprint density at radius 1 is 1.28 bits per heavy atom. The Bertz CT molecular complexity index is 848. The topological polar surface area (TPSA) is 55.3 Å². The number of nitrogens with zero attached hydrogens (tertiary/aromatic N) is 3. The first kappa shape index (κ1) is 16.6. The summed E-state index contributed by atoms with van der Waals surface area (Å²) in [6.07, 6.45) is 1.92. The van der Waals surface area contributed by atoms with Gasteiger partial charge in [-0.05, 0) is 25.0 Å². The summed E-state index contributed by atoms with van der Waals surface area (Å²) in [6, 6.07) is 8.26. The number of amides is 1. The molecule has 1 saturated heterocycles. The van der Waals surface area contributed by atoms with Crippen LogP contribution in [0.4, 0.5) is 0 Å². The van der Waals surface area contributed by atoms with Crippen molar-refractivity contribution in [2.45, 2.75) is 25.4 Å². The molecule has 1 amide bonds. The van der Waals surface area contributed by atoms with Crippen LogP contribution >= 0.6 is 22.7 Å². The standard InChI is InChI=1S/C18H19N3O2S2/c1-23-10-16-19-14(11-24-16)18(22)21-8-6-12(7-9-21)17-20-13-4-2-3-5-15(13)25-17/h2-5,11-12H,6-10H2,1H3. The van der Waals surface area contributed by atoms with E-state index in [2.05, 4.69) is 23.2 Å². The average molecular weight is 374 g/mol. The van der Waals surface area contributed by atoms with E-state index in [9.17, 15) is 4.79 Å². The summed E-state index contributed by atoms with van der Waals surface area (Å²) in [5.74, 6) is 0.474. The number of piperidine rings is 1. The third kappa shape index (κ3) is 3.44. The maximum absolute atomic E-state index is 12.6. The number of thiazole rings is 2. The lowest BCUT2D eigenvalue weighted by molar-refractivity contribution is 0.0707. The predicted molar refractivity (Wildman–Crippen MR) is 100 cm³/mol. The molecule has 2 aromatic heterocycles. The highest BCUT2D eigenvalue weighted by Crippen LogP contribution is 2.34. The van der Waals surface area contributed by atoms with Crippen molar-refractivity contribution < 1.29 is 9.53 Å². The lowest BCUT2D eigenvalue weighted by Crippen LogP contribution is -2.38. The normalized spacial score (nSPS) is 15.8. The molecule has 4 rings (SSSR count). The summed E-state index contributed by atoms with van der Waals surface area (Å²) < 4.78 is 6.31. The molecule has 1 fully saturated rings. The molecule has 130 valence electrons. The van der Waals surface area contributed by atoms with Gasteiger partial charge in [0.15, 0.2) is 0 Å². The fraction of sp³-hybridized carbons (Fsp3) is 0.389. The Morgan fingerprint density at radius 2 is 2.08 bits per heavy atom. The van der Waals surface area contributed by atoms with Gasteiger partial charge >= 0.3 is 0 Å². The van der Waals surface area contributed by atoms with Crippen molar-refractivity contribution in [2.24, 2.45) is 0 Å². The zero-order valence-corrected chi connectivity index (χ0v) is 15.6. The van der Waals surface area contributed by atoms with Crippen LogP contribution in [-0.4, -0.2) is 41.0 Å². The minimum Gasteiger partial charge on any atom is -0.378 e. The molecule has 0 N–H and O–H groups in total. The first-order chi connectivity index (χ1) is 12.2. The van der Waals surface area contributed by atoms with E-state index in [0.717, 1.165) is 36.5 Å². The Labute approximate surface area is 154 Å². The first-order valence-electron chi connectivity index (χ1n) is 8.32. The van der Waals surface area contributed by atoms with E-state index >= 15 is 0 Å². The molecule has 0 unspecified atom stereocenters. The molecule has 0 radical (unpaired) electrons. The number of aromatic nitrogens is 2. The van der Waals surface area contributed by atoms with Gasteiger partial charge in [-0.1, -0.05) is 12.1 Å². The third-order valence-corrected chi connectivity index (χ3v) is 6.50. The van der Waals surface area contributed by atoms with Crippen molar-refractivity contribution in [1.82, 2.24) is 14.9 Å². The van der Waals surface area contributed by atoms with Crippen molar-refractivity contribution in [3.05, 3.63) is 45.4 Å². The van der Waals surface area contributed by atoms with Crippen LogP contribution in [0.15, 0.2) is 29.6 Å². The van der Waals surface area contributed by atoms with Gasteiger partial charge in [0, 0.05) is 31.5 Å². The Kier molecular flexibility index (Phi) is 4.78. The van der Waals surface area contributed by atoms with Crippen LogP contribution in [0.2, 0.25) is 0 Å². The van der Waals surface area contributed by atoms with E-state index in [-0.39, 0.29) is 5.91 Å². The minimum absolute atomic E-state index is 0.0290. The van der Waals surface area contributed by atoms with E-state index in [1.807, 2.05) is 16.3 Å². The highest BCUT2D eigenvalue weighted by Gasteiger charge is 2.27. The van der Waals surface area contributed by atoms with Crippen LogP contribution < -0.4 is 0 Å². The number of para-hydroxylation sites is 1. The summed E-state index contributed by atoms with van der Waals surface area (Å²) in [5.41, 5.74) is 1.62. The molecule has 1 aliphatic rings. The molecule has 25 heavy (non-hydrogen) atoms. The highest BCUT2D eigenvalue weighted by molar-refractivity contribution is 7.18. The third-order valence-electron chi connectivity index (χ3n) is 4.48. The number of benzene rings is 1. The highest BCUT2D eigenvalue weighted by atomic mass is 32.1. The second kappa shape index (κ2) is 7.19. The molecule has 0 bridgehead atoms. The second-order valence-corrected chi connectivity index (χ2v) is 8.15. The van der Waals surface area contributed by atoms with Gasteiger partial charge in [0.2, 0.25) is 0 Å². The summed E-state index contributed by atoms with van der Waals surface area (Å²) >= 11 is 3.25. The van der Waals surface area contributed by atoms with Crippen molar-refractivity contribution in [2.75, 3.05) is 20.2 Å². The number of ether oxygens (including phenoxy) is 1. The Morgan fingerprint density at radius 3 is 2.84 bits per heavy atom. The molecule has 7 heteroatoms. The maximum atomic E-state index is 12.6. The quantitative estimate of drug-likeness (QED) is 0.696. The number of hydrogen-bond acceptors (Lipinski definition) is 6. The fourth-order valence-corrected chi connectivity index (χ4v) is 5.03. The average Bonchev–Trinajstić information content (AvgIpc) is 3.28. The molecule has 0 saturated carbocycles. The number of rotatable bonds is 4. The van der Waals surface area contributed by atoms with Gasteiger partial charge in [-0.2, -0.15) is 0 Å². The summed E-state index contributed by atoms with van der Waals surface area (Å²) in [4.78, 5) is 23.7. The van der Waals surface area contributed by atoms with Crippen LogP contribution in [0.25, 0.3) is 10.2 Å². The van der Waals surface area contributed by atoms with Gasteiger partial charge in [0.05, 0.1) is 21.8 Å². The lowest BCUT2D eigenvalue weighted by Gasteiger charge is -2.30. The Balaban J connectivity index is 1.41. The minimum atomic E-state index is 0.0290. The van der Waals surface area contributed by atoms with E-state index in [1.54, 1.807) is 18.4 Å². The molecule has 0 spiro atoms. The smallest absolute Gasteiger partial charge is 0.273 e. The fourth-order valence-electron chi connectivity index (χ4n) is 3.16. The second-order valence-electron chi connectivity index (χ2n) is 6.15. The van der Waals surface area contributed by atoms with Crippen molar-refractivity contribution in [3.8, 4) is 0 Å². The largest absolute Gasteiger partial charge is 0.378 e. The summed E-state index contributed by atoms with van der Waals surface area (Å²) in [7, 11) is 1.63. The first-order valence-corrected chi connectivity index (χ1v) is 10.0. The summed E-state index contributed by atoms with van der Waals surface area (Å²) in [6.45, 7) is 1.98. The van der Waals surface area contributed by atoms with Gasteiger partial charge in [-0.15, -0.1) is 22.7 Å². The summed E-state index contributed by atoms with van der Waals surface area (Å²) in [5, 5.41) is 3.87. The SMILES string of the molecule is COCc1nc(C(=O)N2CCC(c3nc4ccccc4s3)CC2)cs1. The van der Waals surface area contributed by atoms with Gasteiger partial charge in [-0.3, -0.25) is 4.79 Å². The zero-order chi connectivity index (χ0) is 17.2. The van der Waals surface area contributed by atoms with Gasteiger partial charge in [0.25, 0.3) is 5.91 Å². The molecule has 1 aromatic carbocycles. The number of likely N-dealkylation sites (tertiary alicyclic amines) is 1. The van der Waals surface area contributed by atoms with E-state index in [1.165, 1.54) is 21.0 Å². The lowest BCUT2D eigenvalue weighted by atomic mass is 9.97. The number of hydrogen-bond donors (Lipinski definition) is 0. The van der Waals surface area contributed by atoms with Gasteiger partial charge in [-0.25, -0.2) is 9.97 Å². The number of carbonyl (C=O) groups excluding carboxylic acids is 1. The number of methoxy groups -OCH3 is 1. The van der Waals surface area contributed by atoms with Crippen LogP contribution in [0.5, 0.6) is 0 Å². The predicted octanol–water partition coefficient (Wildman–Crippen LogP) is 3.92. The molecule has 1 aliphatic heterocycles. The van der Waals surface area contributed by atoms with Gasteiger partial charge < -0.3 is 9.64 Å². The molecular weight excluding hydrogens is 354 g/mol. The molecule has 5 nitrogen and oxygen atoms in total. The van der Waals surface area contributed by atoms with E-state index < -0.39 is 0 Å². The number of carbonyl (C=O) groups is 1. The van der Waals surface area contributed by atoms with Crippen LogP contribution in [0.1, 0.15) is 39.3 Å². The van der Waals surface area contributed by atoms with Crippen molar-refractivity contribution >= 4 is 38.8 Å². The Hall–Kier alpha value is -1.83. The molecule has 0 aliphatic carbocycles. The number of fused-ring (bicyclic) bond motifs is 1. The molecule has 0 atom stereocenters. The molecular formula is C18H19N3O2S2. The zero-order valence-electron chi connectivity index (χ0n) is 14.0. The van der Waals surface area contributed by atoms with Crippen LogP contribution in [-0.2, 0) is 11.3 Å². The van der Waals surface area contributed by atoms with Crippen LogP contribution in [0.3, 0.4) is 0 Å². The van der Waals surface area contributed by atoms with Crippen LogP contribution in [0, 0.1) is 0 Å². The van der Waals surface area contributed by atoms with Crippen molar-refractivity contribution in [1.29, 1.82) is 0 Å². The van der Waals surface area contributed by atoms with Crippen molar-refractivity contribution in [3.63, 3.8) is 0 Å². The molecule has 3 heterocycles.